The maximum Gasteiger partial charge on any atom is 0.320 e. The molecule has 1 aliphatic rings. The molecule has 0 aliphatic carbocycles. The third-order valence-corrected chi connectivity index (χ3v) is 3.65. The molecular formula is C11H18O4S. The minimum atomic E-state index is -1.14. The lowest BCUT2D eigenvalue weighted by Crippen LogP contribution is -2.44. The molecule has 1 atom stereocenters. The van der Waals surface area contributed by atoms with Gasteiger partial charge >= 0.3 is 5.97 Å². The Hall–Kier alpha value is -0.550. The van der Waals surface area contributed by atoms with Gasteiger partial charge in [0.15, 0.2) is 0 Å². The van der Waals surface area contributed by atoms with Crippen molar-refractivity contribution in [3.63, 3.8) is 0 Å². The van der Waals surface area contributed by atoms with Crippen molar-refractivity contribution in [2.75, 3.05) is 19.8 Å². The van der Waals surface area contributed by atoms with Crippen LogP contribution in [-0.4, -0.2) is 30.9 Å². The third kappa shape index (κ3) is 2.58. The largest absolute Gasteiger partial charge is 0.465 e. The molecule has 0 amide bonds. The van der Waals surface area contributed by atoms with E-state index in [1.54, 1.807) is 13.8 Å². The summed E-state index contributed by atoms with van der Waals surface area (Å²) in [6, 6.07) is 0. The van der Waals surface area contributed by atoms with Gasteiger partial charge < -0.3 is 9.47 Å². The summed E-state index contributed by atoms with van der Waals surface area (Å²) in [6.07, 6.45) is 1.39. The number of thiol groups is 1. The first kappa shape index (κ1) is 13.5. The number of ether oxygens (including phenoxy) is 2. The highest BCUT2D eigenvalue weighted by atomic mass is 32.1. The minimum absolute atomic E-state index is 0.0368. The van der Waals surface area contributed by atoms with E-state index in [0.29, 0.717) is 26.1 Å². The molecule has 1 saturated heterocycles. The highest BCUT2D eigenvalue weighted by Gasteiger charge is 2.47. The van der Waals surface area contributed by atoms with Gasteiger partial charge in [-0.25, -0.2) is 0 Å². The van der Waals surface area contributed by atoms with Gasteiger partial charge in [-0.3, -0.25) is 9.59 Å². The van der Waals surface area contributed by atoms with E-state index < -0.39 is 16.5 Å². The van der Waals surface area contributed by atoms with Crippen molar-refractivity contribution < 1.29 is 19.1 Å². The molecule has 16 heavy (non-hydrogen) atoms. The van der Waals surface area contributed by atoms with Crippen LogP contribution in [0.1, 0.15) is 26.7 Å². The molecule has 0 aromatic rings. The Labute approximate surface area is 101 Å². The molecule has 4 nitrogen and oxygen atoms in total. The first-order valence-electron chi connectivity index (χ1n) is 5.51. The fraction of sp³-hybridized carbons (Fsp3) is 0.818. The normalized spacial score (nSPS) is 21.2. The summed E-state index contributed by atoms with van der Waals surface area (Å²) >= 11 is 3.84. The van der Waals surface area contributed by atoms with E-state index in [1.807, 2.05) is 0 Å². The summed E-state index contributed by atoms with van der Waals surface area (Å²) in [5, 5.41) is -0.419. The van der Waals surface area contributed by atoms with Gasteiger partial charge in [0.25, 0.3) is 0 Å². The minimum Gasteiger partial charge on any atom is -0.465 e. The average molecular weight is 246 g/mol. The topological polar surface area (TPSA) is 52.6 Å². The summed E-state index contributed by atoms with van der Waals surface area (Å²) < 4.78 is 10.2. The molecule has 0 spiro atoms. The number of esters is 1. The maximum atomic E-state index is 11.9. The Morgan fingerprint density at radius 1 is 1.44 bits per heavy atom. The van der Waals surface area contributed by atoms with Crippen LogP contribution in [0.2, 0.25) is 0 Å². The summed E-state index contributed by atoms with van der Waals surface area (Å²) in [6.45, 7) is 4.79. The van der Waals surface area contributed by atoms with Crippen LogP contribution in [0.3, 0.4) is 0 Å². The first-order chi connectivity index (χ1) is 7.53. The van der Waals surface area contributed by atoms with E-state index in [0.717, 1.165) is 0 Å². The smallest absolute Gasteiger partial charge is 0.320 e. The SMILES string of the molecule is CCOC(=O)C(C)(C(=O)S)C1CCOCC1. The molecule has 0 radical (unpaired) electrons. The van der Waals surface area contributed by atoms with Crippen molar-refractivity contribution in [3.8, 4) is 0 Å². The molecule has 1 rings (SSSR count). The zero-order valence-corrected chi connectivity index (χ0v) is 10.6. The van der Waals surface area contributed by atoms with Gasteiger partial charge in [-0.15, -0.1) is 12.6 Å². The van der Waals surface area contributed by atoms with Crippen molar-refractivity contribution in [2.24, 2.45) is 11.3 Å². The molecule has 1 aliphatic heterocycles. The van der Waals surface area contributed by atoms with E-state index in [1.165, 1.54) is 0 Å². The number of carbonyl (C=O) groups is 2. The lowest BCUT2D eigenvalue weighted by atomic mass is 9.74. The highest BCUT2D eigenvalue weighted by molar-refractivity contribution is 7.96. The van der Waals surface area contributed by atoms with E-state index in [9.17, 15) is 9.59 Å². The second-order valence-electron chi connectivity index (χ2n) is 4.11. The standard InChI is InChI=1S/C11H18O4S/c1-3-15-9(12)11(2,10(13)16)8-4-6-14-7-5-8/h8H,3-7H2,1-2H3,(H,13,16). The second kappa shape index (κ2) is 5.68. The van der Waals surface area contributed by atoms with Crippen LogP contribution in [0, 0.1) is 11.3 Å². The van der Waals surface area contributed by atoms with Crippen LogP contribution < -0.4 is 0 Å². The number of rotatable bonds is 4. The molecule has 0 saturated carbocycles. The van der Waals surface area contributed by atoms with Crippen LogP contribution >= 0.6 is 12.6 Å². The Morgan fingerprint density at radius 2 is 2.00 bits per heavy atom. The van der Waals surface area contributed by atoms with Gasteiger partial charge in [0.1, 0.15) is 5.41 Å². The monoisotopic (exact) mass is 246 g/mol. The Kier molecular flexibility index (Phi) is 4.80. The molecule has 5 heteroatoms. The molecule has 0 aromatic carbocycles. The second-order valence-corrected chi connectivity index (χ2v) is 4.52. The fourth-order valence-corrected chi connectivity index (χ4v) is 2.26. The molecule has 1 heterocycles. The Balaban J connectivity index is 2.85. The predicted molar refractivity (Wildman–Crippen MR) is 62.3 cm³/mol. The van der Waals surface area contributed by atoms with Crippen molar-refractivity contribution in [1.29, 1.82) is 0 Å². The summed E-state index contributed by atoms with van der Waals surface area (Å²) in [5.74, 6) is -0.507. The predicted octanol–water partition coefficient (Wildman–Crippen LogP) is 1.44. The number of hydrogen-bond donors (Lipinski definition) is 1. The van der Waals surface area contributed by atoms with Crippen LogP contribution in [0.4, 0.5) is 0 Å². The third-order valence-electron chi connectivity index (χ3n) is 3.18. The van der Waals surface area contributed by atoms with Crippen LogP contribution in [0.25, 0.3) is 0 Å². The van der Waals surface area contributed by atoms with Crippen LogP contribution in [0.5, 0.6) is 0 Å². The van der Waals surface area contributed by atoms with E-state index in [2.05, 4.69) is 12.6 Å². The van der Waals surface area contributed by atoms with Gasteiger partial charge in [-0.05, 0) is 32.6 Å². The van der Waals surface area contributed by atoms with Gasteiger partial charge in [-0.1, -0.05) is 0 Å². The average Bonchev–Trinajstić information content (AvgIpc) is 2.29. The molecular weight excluding hydrogens is 228 g/mol. The zero-order chi connectivity index (χ0) is 12.2. The Bertz CT molecular complexity index is 273. The first-order valence-corrected chi connectivity index (χ1v) is 5.96. The molecule has 1 fully saturated rings. The molecule has 1 unspecified atom stereocenters. The van der Waals surface area contributed by atoms with E-state index in [4.69, 9.17) is 9.47 Å². The van der Waals surface area contributed by atoms with Gasteiger partial charge in [0.2, 0.25) is 5.12 Å². The maximum absolute atomic E-state index is 11.9. The summed E-state index contributed by atoms with van der Waals surface area (Å²) in [5.41, 5.74) is -1.14. The molecule has 0 aromatic heterocycles. The molecule has 0 bridgehead atoms. The van der Waals surface area contributed by atoms with Crippen LogP contribution in [0.15, 0.2) is 0 Å². The fourth-order valence-electron chi connectivity index (χ4n) is 1.98. The quantitative estimate of drug-likeness (QED) is 0.463. The number of hydrogen-bond acceptors (Lipinski definition) is 4. The van der Waals surface area contributed by atoms with Crippen molar-refractivity contribution in [3.05, 3.63) is 0 Å². The number of carbonyl (C=O) groups excluding carboxylic acids is 2. The molecule has 0 N–H and O–H groups in total. The van der Waals surface area contributed by atoms with E-state index >= 15 is 0 Å². The van der Waals surface area contributed by atoms with Crippen molar-refractivity contribution >= 4 is 23.7 Å². The lowest BCUT2D eigenvalue weighted by Gasteiger charge is -2.35. The van der Waals surface area contributed by atoms with Gasteiger partial charge in [-0.2, -0.15) is 0 Å². The summed E-state index contributed by atoms with van der Waals surface area (Å²) in [4.78, 5) is 23.5. The van der Waals surface area contributed by atoms with Gasteiger partial charge in [0.05, 0.1) is 6.61 Å². The van der Waals surface area contributed by atoms with Gasteiger partial charge in [0, 0.05) is 13.2 Å². The van der Waals surface area contributed by atoms with Crippen molar-refractivity contribution in [2.45, 2.75) is 26.7 Å². The Morgan fingerprint density at radius 3 is 2.44 bits per heavy atom. The summed E-state index contributed by atoms with van der Waals surface area (Å²) in [7, 11) is 0. The molecule has 92 valence electrons. The van der Waals surface area contributed by atoms with Crippen molar-refractivity contribution in [1.82, 2.24) is 0 Å². The van der Waals surface area contributed by atoms with E-state index in [-0.39, 0.29) is 12.5 Å². The zero-order valence-electron chi connectivity index (χ0n) is 9.69. The van der Waals surface area contributed by atoms with Crippen LogP contribution in [-0.2, 0) is 19.1 Å². The highest BCUT2D eigenvalue weighted by Crippen LogP contribution is 2.38. The lowest BCUT2D eigenvalue weighted by molar-refractivity contribution is -0.162.